The largest absolute Gasteiger partial charge is 0.369 e. The van der Waals surface area contributed by atoms with Gasteiger partial charge in [0.2, 0.25) is 5.91 Å². The van der Waals surface area contributed by atoms with Crippen molar-refractivity contribution < 1.29 is 4.79 Å². The Labute approximate surface area is 90.5 Å². The van der Waals surface area contributed by atoms with E-state index in [0.29, 0.717) is 5.92 Å². The van der Waals surface area contributed by atoms with Crippen molar-refractivity contribution in [2.75, 3.05) is 0 Å². The maximum atomic E-state index is 11.4. The Morgan fingerprint density at radius 2 is 2.20 bits per heavy atom. The van der Waals surface area contributed by atoms with E-state index in [1.807, 2.05) is 12.1 Å². The van der Waals surface area contributed by atoms with Gasteiger partial charge in [0.1, 0.15) is 0 Å². The highest BCUT2D eigenvalue weighted by Crippen LogP contribution is 2.40. The van der Waals surface area contributed by atoms with E-state index < -0.39 is 0 Å². The van der Waals surface area contributed by atoms with E-state index in [1.54, 1.807) is 0 Å². The lowest BCUT2D eigenvalue weighted by Gasteiger charge is -2.16. The smallest absolute Gasteiger partial charge is 0.221 e. The molecular formula is C13H17NO. The molecule has 1 amide bonds. The lowest BCUT2D eigenvalue weighted by Crippen LogP contribution is -2.26. The van der Waals surface area contributed by atoms with E-state index in [0.717, 1.165) is 19.3 Å². The number of hydrogen-bond donors (Lipinski definition) is 1. The molecule has 2 heteroatoms. The van der Waals surface area contributed by atoms with Crippen molar-refractivity contribution in [2.45, 2.75) is 32.1 Å². The van der Waals surface area contributed by atoms with Crippen molar-refractivity contribution in [1.29, 1.82) is 0 Å². The maximum absolute atomic E-state index is 11.4. The number of nitrogens with two attached hydrogens (primary N) is 1. The Kier molecular flexibility index (Phi) is 2.76. The van der Waals surface area contributed by atoms with Crippen LogP contribution in [0.5, 0.6) is 0 Å². The van der Waals surface area contributed by atoms with E-state index in [-0.39, 0.29) is 11.8 Å². The predicted molar refractivity (Wildman–Crippen MR) is 60.5 cm³/mol. The maximum Gasteiger partial charge on any atom is 0.221 e. The van der Waals surface area contributed by atoms with Crippen LogP contribution in [0.3, 0.4) is 0 Å². The second-order valence-corrected chi connectivity index (χ2v) is 4.31. The molecule has 1 aromatic rings. The van der Waals surface area contributed by atoms with Crippen LogP contribution in [0, 0.1) is 5.92 Å². The van der Waals surface area contributed by atoms with Crippen LogP contribution < -0.4 is 5.73 Å². The molecule has 0 fully saturated rings. The van der Waals surface area contributed by atoms with Gasteiger partial charge < -0.3 is 5.73 Å². The highest BCUT2D eigenvalue weighted by atomic mass is 16.1. The van der Waals surface area contributed by atoms with Crippen LogP contribution in [0.25, 0.3) is 0 Å². The van der Waals surface area contributed by atoms with Gasteiger partial charge in [0, 0.05) is 5.92 Å². The van der Waals surface area contributed by atoms with E-state index in [4.69, 9.17) is 5.73 Å². The molecule has 0 heterocycles. The number of primary amides is 1. The molecule has 2 unspecified atom stereocenters. The Hall–Kier alpha value is -1.31. The fourth-order valence-electron chi connectivity index (χ4n) is 2.64. The average Bonchev–Trinajstić information content (AvgIpc) is 2.58. The van der Waals surface area contributed by atoms with Crippen LogP contribution in [-0.2, 0) is 11.2 Å². The summed E-state index contributed by atoms with van der Waals surface area (Å²) in [5.41, 5.74) is 8.10. The third kappa shape index (κ3) is 1.76. The Bertz CT molecular complexity index is 373. The van der Waals surface area contributed by atoms with Gasteiger partial charge in [-0.3, -0.25) is 4.79 Å². The van der Waals surface area contributed by atoms with Gasteiger partial charge in [-0.2, -0.15) is 0 Å². The predicted octanol–water partition coefficient (Wildman–Crippen LogP) is 2.23. The number of carbonyl (C=O) groups excluding carboxylic acids is 1. The summed E-state index contributed by atoms with van der Waals surface area (Å²) in [5, 5.41) is 0. The summed E-state index contributed by atoms with van der Waals surface area (Å²) in [5.74, 6) is 0.218. The van der Waals surface area contributed by atoms with Crippen molar-refractivity contribution in [3.05, 3.63) is 35.4 Å². The molecule has 0 aliphatic heterocycles. The van der Waals surface area contributed by atoms with Crippen LogP contribution in [0.1, 0.15) is 36.8 Å². The second-order valence-electron chi connectivity index (χ2n) is 4.31. The summed E-state index contributed by atoms with van der Waals surface area (Å²) in [6.07, 6.45) is 2.99. The molecular weight excluding hydrogens is 186 g/mol. The van der Waals surface area contributed by atoms with Gasteiger partial charge in [-0.1, -0.05) is 37.6 Å². The van der Waals surface area contributed by atoms with Gasteiger partial charge in [-0.15, -0.1) is 0 Å². The van der Waals surface area contributed by atoms with Crippen LogP contribution >= 0.6 is 0 Å². The van der Waals surface area contributed by atoms with E-state index in [9.17, 15) is 4.79 Å². The molecule has 0 aromatic heterocycles. The van der Waals surface area contributed by atoms with Crippen LogP contribution in [-0.4, -0.2) is 5.91 Å². The molecule has 1 aliphatic carbocycles. The van der Waals surface area contributed by atoms with Gasteiger partial charge in [0.05, 0.1) is 0 Å². The van der Waals surface area contributed by atoms with Crippen LogP contribution in [0.15, 0.2) is 24.3 Å². The average molecular weight is 203 g/mol. The molecule has 0 saturated carbocycles. The summed E-state index contributed by atoms with van der Waals surface area (Å²) < 4.78 is 0. The fourth-order valence-corrected chi connectivity index (χ4v) is 2.64. The number of benzene rings is 1. The fraction of sp³-hybridized carbons (Fsp3) is 0.462. The van der Waals surface area contributed by atoms with Crippen molar-refractivity contribution in [1.82, 2.24) is 0 Å². The highest BCUT2D eigenvalue weighted by Gasteiger charge is 2.34. The van der Waals surface area contributed by atoms with Crippen molar-refractivity contribution >= 4 is 5.91 Å². The van der Waals surface area contributed by atoms with E-state index in [1.165, 1.54) is 11.1 Å². The second kappa shape index (κ2) is 4.05. The quantitative estimate of drug-likeness (QED) is 0.804. The number of amides is 1. The minimum absolute atomic E-state index is 0.0161. The molecule has 80 valence electrons. The monoisotopic (exact) mass is 203 g/mol. The number of rotatable bonds is 3. The molecule has 0 saturated heterocycles. The molecule has 1 aromatic carbocycles. The first-order chi connectivity index (χ1) is 7.24. The number of hydrogen-bond acceptors (Lipinski definition) is 1. The summed E-state index contributed by atoms with van der Waals surface area (Å²) in [7, 11) is 0. The molecule has 1 aliphatic rings. The van der Waals surface area contributed by atoms with Crippen molar-refractivity contribution in [3.8, 4) is 0 Å². The molecule has 2 rings (SSSR count). The van der Waals surface area contributed by atoms with Crippen LogP contribution in [0.2, 0.25) is 0 Å². The standard InChI is InChI=1S/C13H17NO/c1-2-5-11-10-7-4-3-6-9(10)8-12(11)13(14)15/h3-4,6-7,11-12H,2,5,8H2,1H3,(H2,14,15). The summed E-state index contributed by atoms with van der Waals surface area (Å²) >= 11 is 0. The van der Waals surface area contributed by atoms with E-state index >= 15 is 0 Å². The minimum atomic E-state index is -0.148. The third-order valence-electron chi connectivity index (χ3n) is 3.35. The zero-order valence-corrected chi connectivity index (χ0v) is 9.07. The summed E-state index contributed by atoms with van der Waals surface area (Å²) in [4.78, 5) is 11.4. The molecule has 15 heavy (non-hydrogen) atoms. The van der Waals surface area contributed by atoms with E-state index in [2.05, 4.69) is 19.1 Å². The SMILES string of the molecule is CCCC1c2ccccc2CC1C(N)=O. The molecule has 2 nitrogen and oxygen atoms in total. The Morgan fingerprint density at radius 1 is 1.47 bits per heavy atom. The normalized spacial score (nSPS) is 23.8. The van der Waals surface area contributed by atoms with Gasteiger partial charge in [0.15, 0.2) is 0 Å². The summed E-state index contributed by atoms with van der Waals surface area (Å²) in [6.45, 7) is 2.15. The lowest BCUT2D eigenvalue weighted by molar-refractivity contribution is -0.122. The van der Waals surface area contributed by atoms with Gasteiger partial charge in [-0.05, 0) is 29.9 Å². The summed E-state index contributed by atoms with van der Waals surface area (Å²) in [6, 6.07) is 8.33. The van der Waals surface area contributed by atoms with Gasteiger partial charge in [-0.25, -0.2) is 0 Å². The number of carbonyl (C=O) groups is 1. The first kappa shape index (κ1) is 10.2. The first-order valence-corrected chi connectivity index (χ1v) is 5.61. The topological polar surface area (TPSA) is 43.1 Å². The lowest BCUT2D eigenvalue weighted by atomic mass is 9.88. The Morgan fingerprint density at radius 3 is 2.87 bits per heavy atom. The van der Waals surface area contributed by atoms with Crippen molar-refractivity contribution in [2.24, 2.45) is 11.7 Å². The molecule has 0 spiro atoms. The zero-order valence-electron chi connectivity index (χ0n) is 9.07. The zero-order chi connectivity index (χ0) is 10.8. The highest BCUT2D eigenvalue weighted by molar-refractivity contribution is 5.79. The molecule has 0 radical (unpaired) electrons. The molecule has 2 atom stereocenters. The first-order valence-electron chi connectivity index (χ1n) is 5.61. The minimum Gasteiger partial charge on any atom is -0.369 e. The van der Waals surface area contributed by atoms with Gasteiger partial charge >= 0.3 is 0 Å². The molecule has 0 bridgehead atoms. The third-order valence-corrected chi connectivity index (χ3v) is 3.35. The van der Waals surface area contributed by atoms with Crippen LogP contribution in [0.4, 0.5) is 0 Å². The Balaban J connectivity index is 2.33. The van der Waals surface area contributed by atoms with Gasteiger partial charge in [0.25, 0.3) is 0 Å². The number of fused-ring (bicyclic) bond motifs is 1. The molecule has 2 N–H and O–H groups in total. The van der Waals surface area contributed by atoms with Crippen molar-refractivity contribution in [3.63, 3.8) is 0 Å².